The summed E-state index contributed by atoms with van der Waals surface area (Å²) in [6.45, 7) is 2.64. The second-order valence-corrected chi connectivity index (χ2v) is 5.75. The SMILES string of the molecule is CC(=O)N1CCCCC2N[C@H](c3ccccc3)CC21. The van der Waals surface area contributed by atoms with Crippen molar-refractivity contribution < 1.29 is 4.79 Å². The van der Waals surface area contributed by atoms with Crippen molar-refractivity contribution in [3.63, 3.8) is 0 Å². The second-order valence-electron chi connectivity index (χ2n) is 5.75. The van der Waals surface area contributed by atoms with Gasteiger partial charge in [0.15, 0.2) is 0 Å². The summed E-state index contributed by atoms with van der Waals surface area (Å²) in [6.07, 6.45) is 4.61. The van der Waals surface area contributed by atoms with Crippen molar-refractivity contribution >= 4 is 5.91 Å². The predicted molar refractivity (Wildman–Crippen MR) is 75.7 cm³/mol. The Kier molecular flexibility index (Phi) is 3.56. The average molecular weight is 258 g/mol. The lowest BCUT2D eigenvalue weighted by Crippen LogP contribution is -2.44. The van der Waals surface area contributed by atoms with Crippen LogP contribution >= 0.6 is 0 Å². The molecule has 2 aliphatic rings. The number of hydrogen-bond acceptors (Lipinski definition) is 2. The molecule has 2 heterocycles. The minimum absolute atomic E-state index is 0.229. The van der Waals surface area contributed by atoms with Crippen LogP contribution in [0.25, 0.3) is 0 Å². The molecule has 3 nitrogen and oxygen atoms in total. The molecule has 2 aliphatic heterocycles. The number of fused-ring (bicyclic) bond motifs is 1. The van der Waals surface area contributed by atoms with E-state index in [1.165, 1.54) is 18.4 Å². The van der Waals surface area contributed by atoms with E-state index >= 15 is 0 Å². The molecular formula is C16H22N2O. The standard InChI is InChI=1S/C16H22N2O/c1-12(19)18-10-6-5-9-14-16(18)11-15(17-14)13-7-3-2-4-8-13/h2-4,7-8,14-17H,5-6,9-11H2,1H3/t14?,15-,16?/m0/s1. The summed E-state index contributed by atoms with van der Waals surface area (Å²) in [6, 6.07) is 11.8. The van der Waals surface area contributed by atoms with Gasteiger partial charge in [-0.15, -0.1) is 0 Å². The molecule has 0 bridgehead atoms. The molecule has 1 aromatic rings. The van der Waals surface area contributed by atoms with Gasteiger partial charge in [0.05, 0.1) is 0 Å². The molecule has 0 radical (unpaired) electrons. The Hall–Kier alpha value is -1.35. The first-order valence-corrected chi connectivity index (χ1v) is 7.34. The molecule has 0 aliphatic carbocycles. The van der Waals surface area contributed by atoms with E-state index in [0.29, 0.717) is 18.1 Å². The maximum atomic E-state index is 11.8. The van der Waals surface area contributed by atoms with E-state index in [0.717, 1.165) is 19.4 Å². The van der Waals surface area contributed by atoms with Gasteiger partial charge in [0, 0.05) is 31.6 Å². The fraction of sp³-hybridized carbons (Fsp3) is 0.562. The van der Waals surface area contributed by atoms with Crippen molar-refractivity contribution in [2.75, 3.05) is 6.54 Å². The lowest BCUT2D eigenvalue weighted by Gasteiger charge is -2.29. The molecule has 1 aromatic carbocycles. The largest absolute Gasteiger partial charge is 0.338 e. The Bertz CT molecular complexity index is 445. The summed E-state index contributed by atoms with van der Waals surface area (Å²) >= 11 is 0. The Morgan fingerprint density at radius 3 is 2.79 bits per heavy atom. The highest BCUT2D eigenvalue weighted by Crippen LogP contribution is 2.33. The van der Waals surface area contributed by atoms with Crippen LogP contribution in [0.3, 0.4) is 0 Å². The molecule has 3 rings (SSSR count). The summed E-state index contributed by atoms with van der Waals surface area (Å²) in [5.41, 5.74) is 1.35. The van der Waals surface area contributed by atoms with Gasteiger partial charge in [0.1, 0.15) is 0 Å². The molecule has 3 atom stereocenters. The highest BCUT2D eigenvalue weighted by Gasteiger charge is 2.39. The fourth-order valence-electron chi connectivity index (χ4n) is 3.58. The van der Waals surface area contributed by atoms with Gasteiger partial charge in [-0.1, -0.05) is 36.8 Å². The van der Waals surface area contributed by atoms with Crippen molar-refractivity contribution in [1.29, 1.82) is 0 Å². The first kappa shape index (κ1) is 12.7. The van der Waals surface area contributed by atoms with E-state index in [9.17, 15) is 4.79 Å². The van der Waals surface area contributed by atoms with Crippen molar-refractivity contribution in [3.8, 4) is 0 Å². The average Bonchev–Trinajstić information content (AvgIpc) is 2.73. The quantitative estimate of drug-likeness (QED) is 0.839. The Labute approximate surface area is 115 Å². The van der Waals surface area contributed by atoms with Gasteiger partial charge < -0.3 is 10.2 Å². The van der Waals surface area contributed by atoms with Crippen molar-refractivity contribution in [3.05, 3.63) is 35.9 Å². The summed E-state index contributed by atoms with van der Waals surface area (Å²) in [5, 5.41) is 3.74. The van der Waals surface area contributed by atoms with Crippen molar-refractivity contribution in [2.45, 2.75) is 50.7 Å². The Morgan fingerprint density at radius 1 is 1.26 bits per heavy atom. The summed E-state index contributed by atoms with van der Waals surface area (Å²) in [5.74, 6) is 0.229. The van der Waals surface area contributed by atoms with Gasteiger partial charge >= 0.3 is 0 Å². The minimum Gasteiger partial charge on any atom is -0.338 e. The van der Waals surface area contributed by atoms with Gasteiger partial charge in [0.2, 0.25) is 5.91 Å². The van der Waals surface area contributed by atoms with Crippen LogP contribution in [0.15, 0.2) is 30.3 Å². The summed E-state index contributed by atoms with van der Waals surface area (Å²) in [4.78, 5) is 13.9. The maximum absolute atomic E-state index is 11.8. The normalized spacial score (nSPS) is 30.8. The first-order valence-electron chi connectivity index (χ1n) is 7.34. The maximum Gasteiger partial charge on any atom is 0.219 e. The fourth-order valence-corrected chi connectivity index (χ4v) is 3.58. The molecule has 0 aromatic heterocycles. The van der Waals surface area contributed by atoms with Crippen LogP contribution in [0.1, 0.15) is 44.2 Å². The van der Waals surface area contributed by atoms with E-state index in [1.807, 2.05) is 0 Å². The van der Waals surface area contributed by atoms with Crippen LogP contribution in [-0.2, 0) is 4.79 Å². The number of hydrogen-bond donors (Lipinski definition) is 1. The van der Waals surface area contributed by atoms with Gasteiger partial charge in [-0.25, -0.2) is 0 Å². The van der Waals surface area contributed by atoms with Gasteiger partial charge in [0.25, 0.3) is 0 Å². The third-order valence-electron chi connectivity index (χ3n) is 4.53. The summed E-state index contributed by atoms with van der Waals surface area (Å²) in [7, 11) is 0. The zero-order chi connectivity index (χ0) is 13.2. The molecule has 19 heavy (non-hydrogen) atoms. The zero-order valence-corrected chi connectivity index (χ0v) is 11.5. The lowest BCUT2D eigenvalue weighted by atomic mass is 10.0. The number of likely N-dealkylation sites (tertiary alicyclic amines) is 1. The van der Waals surface area contributed by atoms with Gasteiger partial charge in [-0.05, 0) is 24.8 Å². The van der Waals surface area contributed by atoms with Crippen LogP contribution < -0.4 is 5.32 Å². The van der Waals surface area contributed by atoms with E-state index in [1.54, 1.807) is 6.92 Å². The molecule has 1 amide bonds. The number of rotatable bonds is 1. The Morgan fingerprint density at radius 2 is 2.05 bits per heavy atom. The number of nitrogens with one attached hydrogen (secondary N) is 1. The summed E-state index contributed by atoms with van der Waals surface area (Å²) < 4.78 is 0. The highest BCUT2D eigenvalue weighted by atomic mass is 16.2. The van der Waals surface area contributed by atoms with E-state index in [-0.39, 0.29) is 5.91 Å². The topological polar surface area (TPSA) is 32.3 Å². The molecule has 102 valence electrons. The molecule has 2 fully saturated rings. The monoisotopic (exact) mass is 258 g/mol. The molecule has 2 saturated heterocycles. The first-order chi connectivity index (χ1) is 9.25. The number of benzene rings is 1. The van der Waals surface area contributed by atoms with Gasteiger partial charge in [-0.2, -0.15) is 0 Å². The smallest absolute Gasteiger partial charge is 0.219 e. The predicted octanol–water partition coefficient (Wildman–Crippen LogP) is 2.49. The highest BCUT2D eigenvalue weighted by molar-refractivity contribution is 5.73. The van der Waals surface area contributed by atoms with Crippen LogP contribution in [0.4, 0.5) is 0 Å². The molecule has 3 heteroatoms. The molecule has 0 spiro atoms. The molecule has 0 saturated carbocycles. The number of amides is 1. The minimum atomic E-state index is 0.229. The van der Waals surface area contributed by atoms with Crippen LogP contribution in [0.2, 0.25) is 0 Å². The molecular weight excluding hydrogens is 236 g/mol. The number of carbonyl (C=O) groups is 1. The molecule has 2 unspecified atom stereocenters. The van der Waals surface area contributed by atoms with Gasteiger partial charge in [-0.3, -0.25) is 4.79 Å². The molecule has 1 N–H and O–H groups in total. The number of carbonyl (C=O) groups excluding carboxylic acids is 1. The zero-order valence-electron chi connectivity index (χ0n) is 11.5. The third kappa shape index (κ3) is 2.52. The van der Waals surface area contributed by atoms with Crippen LogP contribution in [-0.4, -0.2) is 29.4 Å². The van der Waals surface area contributed by atoms with Crippen molar-refractivity contribution in [2.24, 2.45) is 0 Å². The van der Waals surface area contributed by atoms with E-state index < -0.39 is 0 Å². The lowest BCUT2D eigenvalue weighted by molar-refractivity contribution is -0.131. The van der Waals surface area contributed by atoms with E-state index in [2.05, 4.69) is 40.5 Å². The Balaban J connectivity index is 1.80. The van der Waals surface area contributed by atoms with Crippen LogP contribution in [0.5, 0.6) is 0 Å². The van der Waals surface area contributed by atoms with E-state index in [4.69, 9.17) is 0 Å². The van der Waals surface area contributed by atoms with Crippen LogP contribution in [0, 0.1) is 0 Å². The third-order valence-corrected chi connectivity index (χ3v) is 4.53. The number of nitrogens with zero attached hydrogens (tertiary/aromatic N) is 1. The van der Waals surface area contributed by atoms with Crippen molar-refractivity contribution in [1.82, 2.24) is 10.2 Å². The second kappa shape index (κ2) is 5.33.